The number of esters is 1. The highest BCUT2D eigenvalue weighted by Gasteiger charge is 2.52. The molecule has 0 bridgehead atoms. The summed E-state index contributed by atoms with van der Waals surface area (Å²) in [7, 11) is 1.44. The molecule has 0 spiro atoms. The number of hydrogen-bond acceptors (Lipinski definition) is 2. The summed E-state index contributed by atoms with van der Waals surface area (Å²) >= 11 is 0. The first kappa shape index (κ1) is 18.3. The third-order valence-corrected chi connectivity index (χ3v) is 7.22. The molecule has 0 aromatic heterocycles. The smallest absolute Gasteiger partial charge is 0.330 e. The zero-order valence-electron chi connectivity index (χ0n) is 15.9. The molecule has 0 unspecified atom stereocenters. The molecular formula is C21H34O2. The molecule has 2 aliphatic carbocycles. The van der Waals surface area contributed by atoms with Crippen molar-refractivity contribution in [2.24, 2.45) is 22.7 Å². The summed E-state index contributed by atoms with van der Waals surface area (Å²) in [5, 5.41) is 0. The predicted octanol–water partition coefficient (Wildman–Crippen LogP) is 5.68. The minimum absolute atomic E-state index is 0.231. The van der Waals surface area contributed by atoms with E-state index in [-0.39, 0.29) is 5.97 Å². The maximum Gasteiger partial charge on any atom is 0.330 e. The van der Waals surface area contributed by atoms with Crippen molar-refractivity contribution in [3.8, 4) is 0 Å². The van der Waals surface area contributed by atoms with Gasteiger partial charge in [-0.3, -0.25) is 0 Å². The van der Waals surface area contributed by atoms with Crippen LogP contribution in [0.5, 0.6) is 0 Å². The second kappa shape index (κ2) is 6.83. The van der Waals surface area contributed by atoms with E-state index < -0.39 is 0 Å². The second-order valence-corrected chi connectivity index (χ2v) is 8.39. The lowest BCUT2D eigenvalue weighted by Crippen LogP contribution is -2.49. The first-order valence-corrected chi connectivity index (χ1v) is 9.16. The minimum Gasteiger partial charge on any atom is -0.466 e. The molecule has 0 heterocycles. The normalized spacial score (nSPS) is 37.8. The van der Waals surface area contributed by atoms with Crippen molar-refractivity contribution in [1.82, 2.24) is 0 Å². The molecule has 0 aromatic rings. The number of carbonyl (C=O) groups excluding carboxylic acids is 1. The van der Waals surface area contributed by atoms with Crippen molar-refractivity contribution in [3.05, 3.63) is 23.3 Å². The highest BCUT2D eigenvalue weighted by molar-refractivity contribution is 5.82. The Morgan fingerprint density at radius 2 is 2.09 bits per heavy atom. The van der Waals surface area contributed by atoms with Gasteiger partial charge < -0.3 is 4.74 Å². The van der Waals surface area contributed by atoms with Gasteiger partial charge in [-0.05, 0) is 75.0 Å². The molecule has 0 aromatic carbocycles. The van der Waals surface area contributed by atoms with E-state index in [0.717, 1.165) is 23.8 Å². The Hall–Kier alpha value is -1.05. The Morgan fingerprint density at radius 3 is 2.74 bits per heavy atom. The van der Waals surface area contributed by atoms with Gasteiger partial charge in [-0.15, -0.1) is 0 Å². The molecule has 4 atom stereocenters. The van der Waals surface area contributed by atoms with Gasteiger partial charge in [0.2, 0.25) is 0 Å². The fourth-order valence-electron chi connectivity index (χ4n) is 5.13. The first-order chi connectivity index (χ1) is 10.7. The summed E-state index contributed by atoms with van der Waals surface area (Å²) < 4.78 is 4.75. The van der Waals surface area contributed by atoms with E-state index in [1.165, 1.54) is 39.2 Å². The summed E-state index contributed by atoms with van der Waals surface area (Å²) in [6.45, 7) is 11.8. The average Bonchev–Trinajstić information content (AvgIpc) is 2.52. The zero-order valence-corrected chi connectivity index (χ0v) is 15.9. The van der Waals surface area contributed by atoms with E-state index in [0.29, 0.717) is 10.8 Å². The fourth-order valence-corrected chi connectivity index (χ4v) is 5.13. The number of ether oxygens (including phenoxy) is 1. The number of fused-ring (bicyclic) bond motifs is 1. The van der Waals surface area contributed by atoms with Crippen LogP contribution >= 0.6 is 0 Å². The van der Waals surface area contributed by atoms with E-state index in [9.17, 15) is 4.79 Å². The SMILES string of the molecule is COC(=O)C=C(C)CC[C@@]1(C)[C@H](C)CC[C@@]2(C)C(C)=CCC[C@H]12. The Balaban J connectivity index is 2.19. The van der Waals surface area contributed by atoms with Crippen LogP contribution in [0.1, 0.15) is 73.1 Å². The first-order valence-electron chi connectivity index (χ1n) is 9.16. The van der Waals surface area contributed by atoms with Gasteiger partial charge in [0.05, 0.1) is 7.11 Å². The molecule has 2 rings (SSSR count). The van der Waals surface area contributed by atoms with Gasteiger partial charge in [-0.1, -0.05) is 38.0 Å². The van der Waals surface area contributed by atoms with Crippen LogP contribution in [0.25, 0.3) is 0 Å². The van der Waals surface area contributed by atoms with E-state index in [1.807, 2.05) is 0 Å². The molecule has 0 aliphatic heterocycles. The van der Waals surface area contributed by atoms with Crippen molar-refractivity contribution in [2.45, 2.75) is 73.1 Å². The van der Waals surface area contributed by atoms with Crippen LogP contribution < -0.4 is 0 Å². The molecule has 1 saturated carbocycles. The van der Waals surface area contributed by atoms with Crippen LogP contribution in [-0.2, 0) is 9.53 Å². The number of hydrogen-bond donors (Lipinski definition) is 0. The van der Waals surface area contributed by atoms with Gasteiger partial charge in [0, 0.05) is 6.08 Å². The molecule has 0 saturated heterocycles. The van der Waals surface area contributed by atoms with E-state index in [2.05, 4.69) is 40.7 Å². The standard InChI is InChI=1S/C21H34O2/c1-15(14-19(22)23-6)10-12-20(4)17(3)11-13-21(5)16(2)8-7-9-18(20)21/h8,14,17-18H,7,9-13H2,1-6H3/t17-,18-,20+,21+/m1/s1. The summed E-state index contributed by atoms with van der Waals surface area (Å²) in [6.07, 6.45) is 11.5. The van der Waals surface area contributed by atoms with Crippen molar-refractivity contribution >= 4 is 5.97 Å². The number of rotatable bonds is 4. The Bertz CT molecular complexity index is 516. The zero-order chi connectivity index (χ0) is 17.3. The molecule has 0 N–H and O–H groups in total. The third kappa shape index (κ3) is 3.41. The van der Waals surface area contributed by atoms with Crippen LogP contribution in [0.15, 0.2) is 23.3 Å². The minimum atomic E-state index is -0.231. The molecule has 0 amide bonds. The highest BCUT2D eigenvalue weighted by Crippen LogP contribution is 2.61. The molecule has 2 nitrogen and oxygen atoms in total. The number of methoxy groups -OCH3 is 1. The van der Waals surface area contributed by atoms with Crippen molar-refractivity contribution < 1.29 is 9.53 Å². The van der Waals surface area contributed by atoms with Gasteiger partial charge in [0.25, 0.3) is 0 Å². The van der Waals surface area contributed by atoms with Crippen LogP contribution in [0.2, 0.25) is 0 Å². The lowest BCUT2D eigenvalue weighted by atomic mass is 9.47. The lowest BCUT2D eigenvalue weighted by Gasteiger charge is -2.58. The Kier molecular flexibility index (Phi) is 5.43. The van der Waals surface area contributed by atoms with E-state index in [4.69, 9.17) is 4.74 Å². The van der Waals surface area contributed by atoms with Crippen molar-refractivity contribution in [1.29, 1.82) is 0 Å². The highest BCUT2D eigenvalue weighted by atomic mass is 16.5. The maximum absolute atomic E-state index is 11.4. The Labute approximate surface area is 142 Å². The summed E-state index contributed by atoms with van der Waals surface area (Å²) in [5.74, 6) is 1.28. The van der Waals surface area contributed by atoms with Crippen molar-refractivity contribution in [3.63, 3.8) is 0 Å². The molecular weight excluding hydrogens is 284 g/mol. The summed E-state index contributed by atoms with van der Waals surface area (Å²) in [6, 6.07) is 0. The molecule has 2 heteroatoms. The number of allylic oxidation sites excluding steroid dienone is 3. The fraction of sp³-hybridized carbons (Fsp3) is 0.762. The molecule has 0 radical (unpaired) electrons. The van der Waals surface area contributed by atoms with E-state index in [1.54, 1.807) is 11.6 Å². The molecule has 2 aliphatic rings. The Morgan fingerprint density at radius 1 is 1.39 bits per heavy atom. The molecule has 130 valence electrons. The van der Waals surface area contributed by atoms with Gasteiger partial charge in [-0.2, -0.15) is 0 Å². The molecule has 1 fully saturated rings. The summed E-state index contributed by atoms with van der Waals surface area (Å²) in [4.78, 5) is 11.4. The van der Waals surface area contributed by atoms with Crippen molar-refractivity contribution in [2.75, 3.05) is 7.11 Å². The largest absolute Gasteiger partial charge is 0.466 e. The lowest BCUT2D eigenvalue weighted by molar-refractivity contribution is -0.134. The second-order valence-electron chi connectivity index (χ2n) is 8.39. The quantitative estimate of drug-likeness (QED) is 0.378. The third-order valence-electron chi connectivity index (χ3n) is 7.22. The monoisotopic (exact) mass is 318 g/mol. The van der Waals surface area contributed by atoms with Crippen LogP contribution in [0, 0.1) is 22.7 Å². The van der Waals surface area contributed by atoms with Gasteiger partial charge in [0.1, 0.15) is 0 Å². The summed E-state index contributed by atoms with van der Waals surface area (Å²) in [5.41, 5.74) is 3.47. The van der Waals surface area contributed by atoms with E-state index >= 15 is 0 Å². The van der Waals surface area contributed by atoms with Gasteiger partial charge in [-0.25, -0.2) is 4.79 Å². The number of carbonyl (C=O) groups is 1. The van der Waals surface area contributed by atoms with Crippen LogP contribution in [0.3, 0.4) is 0 Å². The maximum atomic E-state index is 11.4. The predicted molar refractivity (Wildman–Crippen MR) is 96.1 cm³/mol. The molecule has 23 heavy (non-hydrogen) atoms. The van der Waals surface area contributed by atoms with Gasteiger partial charge in [0.15, 0.2) is 0 Å². The topological polar surface area (TPSA) is 26.3 Å². The van der Waals surface area contributed by atoms with Gasteiger partial charge >= 0.3 is 5.97 Å². The van der Waals surface area contributed by atoms with Crippen LogP contribution in [-0.4, -0.2) is 13.1 Å². The van der Waals surface area contributed by atoms with Crippen LogP contribution in [0.4, 0.5) is 0 Å². The average molecular weight is 319 g/mol.